The number of ether oxygens (including phenoxy) is 2. The molecular weight excluding hydrogens is 204 g/mol. The van der Waals surface area contributed by atoms with Gasteiger partial charge in [0.25, 0.3) is 0 Å². The fourth-order valence-electron chi connectivity index (χ4n) is 0.697. The molecule has 0 heterocycles. The van der Waals surface area contributed by atoms with Gasteiger partial charge < -0.3 is 9.47 Å². The van der Waals surface area contributed by atoms with E-state index in [4.69, 9.17) is 4.74 Å². The summed E-state index contributed by atoms with van der Waals surface area (Å²) >= 11 is 0. The topological polar surface area (TPSA) is 35.5 Å². The highest BCUT2D eigenvalue weighted by atomic mass is 16.7. The molecule has 0 aromatic heterocycles. The molecule has 0 radical (unpaired) electrons. The lowest BCUT2D eigenvalue weighted by Gasteiger charge is -2.04. The van der Waals surface area contributed by atoms with Crippen molar-refractivity contribution in [1.82, 2.24) is 0 Å². The molecule has 3 nitrogen and oxygen atoms in total. The molecule has 0 spiro atoms. The third-order valence-electron chi connectivity index (χ3n) is 1.23. The van der Waals surface area contributed by atoms with Crippen molar-refractivity contribution in [2.75, 3.05) is 6.79 Å². The molecule has 0 saturated heterocycles. The lowest BCUT2D eigenvalue weighted by Crippen LogP contribution is -2.06. The van der Waals surface area contributed by atoms with Crippen LogP contribution >= 0.6 is 0 Å². The van der Waals surface area contributed by atoms with Crippen LogP contribution in [0.2, 0.25) is 0 Å². The third kappa shape index (κ3) is 10.6. The monoisotopic (exact) mass is 226 g/mol. The van der Waals surface area contributed by atoms with Crippen LogP contribution in [-0.2, 0) is 9.53 Å². The molecule has 0 saturated carbocycles. The predicted octanol–water partition coefficient (Wildman–Crippen LogP) is 3.64. The van der Waals surface area contributed by atoms with Gasteiger partial charge in [-0.2, -0.15) is 0 Å². The maximum atomic E-state index is 10.3. The Morgan fingerprint density at radius 2 is 1.56 bits per heavy atom. The smallest absolute Gasteiger partial charge is 0.305 e. The first-order valence-corrected chi connectivity index (χ1v) is 5.60. The molecule has 92 valence electrons. The second-order valence-corrected chi connectivity index (χ2v) is 2.21. The van der Waals surface area contributed by atoms with Gasteiger partial charge in [-0.1, -0.05) is 45.9 Å². The van der Waals surface area contributed by atoms with Crippen molar-refractivity contribution in [2.24, 2.45) is 0 Å². The van der Waals surface area contributed by atoms with E-state index in [1.807, 2.05) is 45.9 Å². The Morgan fingerprint density at radius 1 is 1.06 bits per heavy atom. The van der Waals surface area contributed by atoms with Crippen molar-refractivity contribution in [3.63, 3.8) is 0 Å². The van der Waals surface area contributed by atoms with E-state index in [2.05, 4.69) is 4.74 Å². The molecule has 0 aliphatic rings. The first kappa shape index (κ1) is 16.9. The molecule has 0 fully saturated rings. The minimum absolute atomic E-state index is 0.0284. The zero-order valence-corrected chi connectivity index (χ0v) is 10.8. The Kier molecular flexibility index (Phi) is 14.3. The van der Waals surface area contributed by atoms with Gasteiger partial charge in [0.2, 0.25) is 6.79 Å². The van der Waals surface area contributed by atoms with E-state index in [0.29, 0.717) is 5.75 Å². The van der Waals surface area contributed by atoms with Crippen LogP contribution in [0.4, 0.5) is 0 Å². The summed E-state index contributed by atoms with van der Waals surface area (Å²) in [5, 5.41) is 0. The quantitative estimate of drug-likeness (QED) is 0.583. The first-order chi connectivity index (χ1) is 7.79. The maximum Gasteiger partial charge on any atom is 0.305 e. The van der Waals surface area contributed by atoms with Crippen LogP contribution in [0.25, 0.3) is 0 Å². The van der Waals surface area contributed by atoms with E-state index >= 15 is 0 Å². The third-order valence-corrected chi connectivity index (χ3v) is 1.23. The van der Waals surface area contributed by atoms with E-state index in [9.17, 15) is 4.79 Å². The van der Waals surface area contributed by atoms with Crippen LogP contribution in [0.3, 0.4) is 0 Å². The van der Waals surface area contributed by atoms with Crippen molar-refractivity contribution in [3.05, 3.63) is 30.3 Å². The summed E-state index contributed by atoms with van der Waals surface area (Å²) in [5.74, 6) is 0.352. The zero-order chi connectivity index (χ0) is 12.8. The Balaban J connectivity index is 0. The van der Waals surface area contributed by atoms with Crippen LogP contribution in [0.15, 0.2) is 30.3 Å². The van der Waals surface area contributed by atoms with Crippen LogP contribution in [0, 0.1) is 0 Å². The van der Waals surface area contributed by atoms with E-state index in [-0.39, 0.29) is 12.8 Å². The van der Waals surface area contributed by atoms with Gasteiger partial charge in [0, 0.05) is 6.92 Å². The lowest BCUT2D eigenvalue weighted by molar-refractivity contribution is -0.147. The van der Waals surface area contributed by atoms with Crippen LogP contribution in [0.1, 0.15) is 34.6 Å². The van der Waals surface area contributed by atoms with E-state index < -0.39 is 0 Å². The molecule has 0 atom stereocenters. The van der Waals surface area contributed by atoms with Crippen molar-refractivity contribution in [1.29, 1.82) is 0 Å². The fourth-order valence-corrected chi connectivity index (χ4v) is 0.697. The molecule has 1 aromatic carbocycles. The second-order valence-electron chi connectivity index (χ2n) is 2.21. The normalized spacial score (nSPS) is 7.56. The molecule has 1 aromatic rings. The highest BCUT2D eigenvalue weighted by Crippen LogP contribution is 2.07. The first-order valence-electron chi connectivity index (χ1n) is 5.60. The molecule has 0 unspecified atom stereocenters. The molecule has 0 aliphatic heterocycles. The standard InChI is InChI=1S/C9H10O3.2C2H6/c1-8(10)11-7-12-9-5-3-2-4-6-9;2*1-2/h2-6H,7H2,1H3;2*1-2H3. The largest absolute Gasteiger partial charge is 0.457 e. The van der Waals surface area contributed by atoms with Gasteiger partial charge in [0.05, 0.1) is 0 Å². The Bertz CT molecular complexity index is 245. The Morgan fingerprint density at radius 3 is 2.00 bits per heavy atom. The van der Waals surface area contributed by atoms with Gasteiger partial charge in [-0.15, -0.1) is 0 Å². The molecular formula is C13H22O3. The summed E-state index contributed by atoms with van der Waals surface area (Å²) < 4.78 is 9.66. The Labute approximate surface area is 98.4 Å². The van der Waals surface area contributed by atoms with Crippen LogP contribution in [-0.4, -0.2) is 12.8 Å². The average Bonchev–Trinajstić information content (AvgIpc) is 2.35. The average molecular weight is 226 g/mol. The molecule has 0 aliphatic carbocycles. The molecule has 0 N–H and O–H groups in total. The van der Waals surface area contributed by atoms with Crippen LogP contribution in [0.5, 0.6) is 5.75 Å². The number of rotatable bonds is 3. The van der Waals surface area contributed by atoms with Crippen molar-refractivity contribution in [3.8, 4) is 5.75 Å². The van der Waals surface area contributed by atoms with E-state index in [0.717, 1.165) is 0 Å². The van der Waals surface area contributed by atoms with Gasteiger partial charge in [-0.25, -0.2) is 0 Å². The zero-order valence-electron chi connectivity index (χ0n) is 10.8. The molecule has 0 bridgehead atoms. The summed E-state index contributed by atoms with van der Waals surface area (Å²) in [5.41, 5.74) is 0. The Hall–Kier alpha value is -1.51. The number of hydrogen-bond acceptors (Lipinski definition) is 3. The molecule has 3 heteroatoms. The number of para-hydroxylation sites is 1. The summed E-state index contributed by atoms with van der Waals surface area (Å²) in [7, 11) is 0. The van der Waals surface area contributed by atoms with E-state index in [1.165, 1.54) is 6.92 Å². The van der Waals surface area contributed by atoms with E-state index in [1.54, 1.807) is 12.1 Å². The summed E-state index contributed by atoms with van der Waals surface area (Å²) in [6.07, 6.45) is 0. The van der Waals surface area contributed by atoms with Gasteiger partial charge in [-0.3, -0.25) is 4.79 Å². The number of carbonyl (C=O) groups excluding carboxylic acids is 1. The summed E-state index contributed by atoms with van der Waals surface area (Å²) in [6.45, 7) is 9.31. The summed E-state index contributed by atoms with van der Waals surface area (Å²) in [6, 6.07) is 9.18. The molecule has 0 amide bonds. The second kappa shape index (κ2) is 13.5. The SMILES string of the molecule is CC.CC.CC(=O)OCOc1ccccc1. The number of benzene rings is 1. The summed E-state index contributed by atoms with van der Waals surface area (Å²) in [4.78, 5) is 10.3. The van der Waals surface area contributed by atoms with Crippen molar-refractivity contribution < 1.29 is 14.3 Å². The fraction of sp³-hybridized carbons (Fsp3) is 0.462. The molecule has 16 heavy (non-hydrogen) atoms. The number of esters is 1. The van der Waals surface area contributed by atoms with Gasteiger partial charge >= 0.3 is 5.97 Å². The van der Waals surface area contributed by atoms with Crippen molar-refractivity contribution >= 4 is 5.97 Å². The van der Waals surface area contributed by atoms with Gasteiger partial charge in [0.1, 0.15) is 5.75 Å². The maximum absolute atomic E-state index is 10.3. The van der Waals surface area contributed by atoms with Gasteiger partial charge in [0.15, 0.2) is 0 Å². The molecule has 1 rings (SSSR count). The van der Waals surface area contributed by atoms with Crippen LogP contribution < -0.4 is 4.74 Å². The van der Waals surface area contributed by atoms with Crippen molar-refractivity contribution in [2.45, 2.75) is 34.6 Å². The lowest BCUT2D eigenvalue weighted by atomic mass is 10.3. The minimum Gasteiger partial charge on any atom is -0.457 e. The number of hydrogen-bond donors (Lipinski definition) is 0. The minimum atomic E-state index is -0.342. The predicted molar refractivity (Wildman–Crippen MR) is 66.4 cm³/mol. The highest BCUT2D eigenvalue weighted by Gasteiger charge is 1.92. The van der Waals surface area contributed by atoms with Gasteiger partial charge in [-0.05, 0) is 12.1 Å². The number of carbonyl (C=O) groups is 1. The highest BCUT2D eigenvalue weighted by molar-refractivity contribution is 5.65.